The van der Waals surface area contributed by atoms with Gasteiger partial charge in [-0.05, 0) is 37.9 Å². The number of piperidine rings is 1. The molecular formula is C17H22N4OS. The van der Waals surface area contributed by atoms with Crippen LogP contribution in [0.2, 0.25) is 0 Å². The molecule has 1 aromatic carbocycles. The molecule has 23 heavy (non-hydrogen) atoms. The van der Waals surface area contributed by atoms with Gasteiger partial charge in [0.1, 0.15) is 5.00 Å². The Morgan fingerprint density at radius 1 is 1.26 bits per heavy atom. The third-order valence-corrected chi connectivity index (χ3v) is 4.78. The Morgan fingerprint density at radius 3 is 2.83 bits per heavy atom. The van der Waals surface area contributed by atoms with E-state index in [1.165, 1.54) is 16.9 Å². The van der Waals surface area contributed by atoms with Crippen LogP contribution in [-0.2, 0) is 6.42 Å². The van der Waals surface area contributed by atoms with E-state index in [0.717, 1.165) is 43.9 Å². The summed E-state index contributed by atoms with van der Waals surface area (Å²) in [6.07, 6.45) is 2.88. The molecule has 1 amide bonds. The highest BCUT2D eigenvalue weighted by atomic mass is 32.1. The molecule has 0 bridgehead atoms. The standard InChI is InChI=1S/C17H22N4OS/c22-16(21-14-7-9-18-10-8-14)15-17(23-12-20-15)19-11-6-13-4-2-1-3-5-13/h1-5,12,14,18-19H,6-11H2,(H,21,22). The number of aromatic nitrogens is 1. The molecule has 2 aromatic rings. The number of benzene rings is 1. The van der Waals surface area contributed by atoms with Crippen LogP contribution < -0.4 is 16.0 Å². The van der Waals surface area contributed by atoms with E-state index < -0.39 is 0 Å². The zero-order chi connectivity index (χ0) is 15.9. The van der Waals surface area contributed by atoms with E-state index in [1.54, 1.807) is 5.51 Å². The lowest BCUT2D eigenvalue weighted by Crippen LogP contribution is -2.42. The highest BCUT2D eigenvalue weighted by molar-refractivity contribution is 7.14. The fourth-order valence-corrected chi connectivity index (χ4v) is 3.42. The summed E-state index contributed by atoms with van der Waals surface area (Å²) in [5.41, 5.74) is 3.52. The topological polar surface area (TPSA) is 66.0 Å². The van der Waals surface area contributed by atoms with Gasteiger partial charge in [0.05, 0.1) is 5.51 Å². The number of carbonyl (C=O) groups is 1. The molecule has 2 heterocycles. The monoisotopic (exact) mass is 330 g/mol. The van der Waals surface area contributed by atoms with Crippen LogP contribution in [0, 0.1) is 0 Å². The van der Waals surface area contributed by atoms with Crippen molar-refractivity contribution in [2.75, 3.05) is 25.0 Å². The first kappa shape index (κ1) is 16.0. The van der Waals surface area contributed by atoms with Gasteiger partial charge in [0.25, 0.3) is 5.91 Å². The Balaban J connectivity index is 1.53. The molecule has 6 heteroatoms. The average Bonchev–Trinajstić information content (AvgIpc) is 3.05. The average molecular weight is 330 g/mol. The zero-order valence-corrected chi connectivity index (χ0v) is 13.9. The van der Waals surface area contributed by atoms with Gasteiger partial charge >= 0.3 is 0 Å². The molecule has 0 aliphatic carbocycles. The Kier molecular flexibility index (Phi) is 5.60. The van der Waals surface area contributed by atoms with Crippen LogP contribution in [0.3, 0.4) is 0 Å². The van der Waals surface area contributed by atoms with E-state index in [1.807, 2.05) is 18.2 Å². The van der Waals surface area contributed by atoms with E-state index in [-0.39, 0.29) is 11.9 Å². The molecule has 1 aliphatic heterocycles. The normalized spacial score (nSPS) is 15.3. The van der Waals surface area contributed by atoms with Gasteiger partial charge in [-0.15, -0.1) is 11.3 Å². The second-order valence-corrected chi connectivity index (χ2v) is 6.54. The maximum Gasteiger partial charge on any atom is 0.273 e. The zero-order valence-electron chi connectivity index (χ0n) is 13.0. The summed E-state index contributed by atoms with van der Waals surface area (Å²) in [7, 11) is 0. The molecule has 1 aliphatic rings. The van der Waals surface area contributed by atoms with E-state index in [4.69, 9.17) is 0 Å². The van der Waals surface area contributed by atoms with Crippen LogP contribution in [0.1, 0.15) is 28.9 Å². The van der Waals surface area contributed by atoms with Crippen molar-refractivity contribution in [1.29, 1.82) is 0 Å². The molecule has 5 nitrogen and oxygen atoms in total. The first-order valence-corrected chi connectivity index (χ1v) is 8.94. The third-order valence-electron chi connectivity index (χ3n) is 4.00. The minimum absolute atomic E-state index is 0.0691. The van der Waals surface area contributed by atoms with E-state index in [2.05, 4.69) is 33.1 Å². The second-order valence-electron chi connectivity index (χ2n) is 5.69. The minimum Gasteiger partial charge on any atom is -0.375 e. The molecule has 1 saturated heterocycles. The predicted octanol–water partition coefficient (Wildman–Crippen LogP) is 2.28. The maximum atomic E-state index is 12.4. The van der Waals surface area contributed by atoms with Crippen molar-refractivity contribution >= 4 is 22.2 Å². The lowest BCUT2D eigenvalue weighted by molar-refractivity contribution is 0.0926. The van der Waals surface area contributed by atoms with Crippen molar-refractivity contribution < 1.29 is 4.79 Å². The lowest BCUT2D eigenvalue weighted by atomic mass is 10.1. The number of nitrogens with one attached hydrogen (secondary N) is 3. The summed E-state index contributed by atoms with van der Waals surface area (Å²) < 4.78 is 0. The second kappa shape index (κ2) is 8.08. The first-order valence-electron chi connectivity index (χ1n) is 8.06. The van der Waals surface area contributed by atoms with Gasteiger partial charge in [-0.2, -0.15) is 0 Å². The first-order chi connectivity index (χ1) is 11.3. The Labute approximate surface area is 140 Å². The van der Waals surface area contributed by atoms with Crippen LogP contribution in [0.25, 0.3) is 0 Å². The highest BCUT2D eigenvalue weighted by Crippen LogP contribution is 2.20. The number of anilines is 1. The molecule has 0 saturated carbocycles. The molecule has 0 radical (unpaired) electrons. The van der Waals surface area contributed by atoms with Gasteiger partial charge in [0.2, 0.25) is 0 Å². The fraction of sp³-hybridized carbons (Fsp3) is 0.412. The minimum atomic E-state index is -0.0691. The largest absolute Gasteiger partial charge is 0.375 e. The number of hydrogen-bond acceptors (Lipinski definition) is 5. The van der Waals surface area contributed by atoms with Crippen LogP contribution in [0.5, 0.6) is 0 Å². The molecular weight excluding hydrogens is 308 g/mol. The maximum absolute atomic E-state index is 12.4. The molecule has 0 unspecified atom stereocenters. The number of rotatable bonds is 6. The van der Waals surface area contributed by atoms with Crippen molar-refractivity contribution in [2.45, 2.75) is 25.3 Å². The molecule has 1 aromatic heterocycles. The molecule has 3 rings (SSSR count). The Hall–Kier alpha value is -1.92. The predicted molar refractivity (Wildman–Crippen MR) is 94.1 cm³/mol. The van der Waals surface area contributed by atoms with E-state index in [0.29, 0.717) is 5.69 Å². The summed E-state index contributed by atoms with van der Waals surface area (Å²) in [5.74, 6) is -0.0691. The van der Waals surface area contributed by atoms with E-state index >= 15 is 0 Å². The quantitative estimate of drug-likeness (QED) is 0.760. The molecule has 0 atom stereocenters. The molecule has 0 spiro atoms. The van der Waals surface area contributed by atoms with Crippen molar-refractivity contribution in [1.82, 2.24) is 15.6 Å². The smallest absolute Gasteiger partial charge is 0.273 e. The summed E-state index contributed by atoms with van der Waals surface area (Å²) >= 11 is 1.48. The van der Waals surface area contributed by atoms with Crippen molar-refractivity contribution in [3.05, 3.63) is 47.1 Å². The number of hydrogen-bond donors (Lipinski definition) is 3. The van der Waals surface area contributed by atoms with Crippen LogP contribution in [0.4, 0.5) is 5.00 Å². The van der Waals surface area contributed by atoms with Gasteiger partial charge in [-0.1, -0.05) is 30.3 Å². The van der Waals surface area contributed by atoms with E-state index in [9.17, 15) is 4.79 Å². The van der Waals surface area contributed by atoms with Crippen LogP contribution in [0.15, 0.2) is 35.8 Å². The Morgan fingerprint density at radius 2 is 2.04 bits per heavy atom. The number of carbonyl (C=O) groups excluding carboxylic acids is 1. The van der Waals surface area contributed by atoms with Crippen molar-refractivity contribution in [3.63, 3.8) is 0 Å². The SMILES string of the molecule is O=C(NC1CCNCC1)c1ncsc1NCCc1ccccc1. The highest BCUT2D eigenvalue weighted by Gasteiger charge is 2.20. The number of nitrogens with zero attached hydrogens (tertiary/aromatic N) is 1. The summed E-state index contributed by atoms with van der Waals surface area (Å²) in [5, 5.41) is 10.6. The van der Waals surface area contributed by atoms with Gasteiger partial charge in [-0.3, -0.25) is 4.79 Å². The summed E-state index contributed by atoms with van der Waals surface area (Å²) in [4.78, 5) is 16.6. The lowest BCUT2D eigenvalue weighted by Gasteiger charge is -2.23. The van der Waals surface area contributed by atoms with Gasteiger partial charge in [-0.25, -0.2) is 4.98 Å². The van der Waals surface area contributed by atoms with Gasteiger partial charge < -0.3 is 16.0 Å². The molecule has 3 N–H and O–H groups in total. The van der Waals surface area contributed by atoms with Crippen molar-refractivity contribution in [2.24, 2.45) is 0 Å². The fourth-order valence-electron chi connectivity index (χ4n) is 2.72. The molecule has 1 fully saturated rings. The Bertz CT molecular complexity index is 623. The van der Waals surface area contributed by atoms with Crippen molar-refractivity contribution in [3.8, 4) is 0 Å². The third kappa shape index (κ3) is 4.53. The van der Waals surface area contributed by atoms with Crippen LogP contribution >= 0.6 is 11.3 Å². The number of thiazole rings is 1. The molecule has 122 valence electrons. The van der Waals surface area contributed by atoms with Crippen LogP contribution in [-0.4, -0.2) is 36.6 Å². The number of amides is 1. The summed E-state index contributed by atoms with van der Waals surface area (Å²) in [6, 6.07) is 10.6. The van der Waals surface area contributed by atoms with Gasteiger partial charge in [0.15, 0.2) is 5.69 Å². The summed E-state index contributed by atoms with van der Waals surface area (Å²) in [6.45, 7) is 2.72. The van der Waals surface area contributed by atoms with Gasteiger partial charge in [0, 0.05) is 12.6 Å².